The molecular weight excluding hydrogens is 420 g/mol. The van der Waals surface area contributed by atoms with Crippen LogP contribution in [0.3, 0.4) is 0 Å². The van der Waals surface area contributed by atoms with Gasteiger partial charge in [-0.1, -0.05) is 40.2 Å². The molecule has 1 aromatic rings. The van der Waals surface area contributed by atoms with Gasteiger partial charge in [0.25, 0.3) is 5.91 Å². The Morgan fingerprint density at radius 1 is 1.00 bits per heavy atom. The quantitative estimate of drug-likeness (QED) is 0.602. The summed E-state index contributed by atoms with van der Waals surface area (Å²) in [6.07, 6.45) is -0.423. The Labute approximate surface area is 162 Å². The van der Waals surface area contributed by atoms with E-state index in [2.05, 4.69) is 15.9 Å². The molecule has 1 saturated heterocycles. The van der Waals surface area contributed by atoms with E-state index in [9.17, 15) is 29.4 Å². The number of rotatable bonds is 0. The van der Waals surface area contributed by atoms with Gasteiger partial charge in [0.05, 0.1) is 0 Å². The highest BCUT2D eigenvalue weighted by Crippen LogP contribution is 2.56. The first kappa shape index (κ1) is 17.7. The minimum Gasteiger partial charge on any atom is -0.465 e. The zero-order valence-corrected chi connectivity index (χ0v) is 15.6. The van der Waals surface area contributed by atoms with Crippen LogP contribution in [0.2, 0.25) is 0 Å². The summed E-state index contributed by atoms with van der Waals surface area (Å²) in [6, 6.07) is 6.50. The number of fused-ring (bicyclic) bond motifs is 2. The van der Waals surface area contributed by atoms with Gasteiger partial charge in [-0.2, -0.15) is 4.90 Å². The third-order valence-electron chi connectivity index (χ3n) is 5.94. The highest BCUT2D eigenvalue weighted by atomic mass is 79.9. The van der Waals surface area contributed by atoms with Gasteiger partial charge in [-0.05, 0) is 42.9 Å². The van der Waals surface area contributed by atoms with Gasteiger partial charge in [-0.15, -0.1) is 0 Å². The van der Waals surface area contributed by atoms with Crippen LogP contribution in [0.1, 0.15) is 36.8 Å². The fourth-order valence-electron chi connectivity index (χ4n) is 4.61. The van der Waals surface area contributed by atoms with Gasteiger partial charge in [0.2, 0.25) is 0 Å². The summed E-state index contributed by atoms with van der Waals surface area (Å²) in [6.45, 7) is 0. The summed E-state index contributed by atoms with van der Waals surface area (Å²) in [7, 11) is 0. The standard InChI is InChI=1S/C18H15BrN2O6/c19-12-9-10-3-1-2-4-11(10)17(12)5-7-18(8-6-17)13(22)20(15(24)25)14(23)21(18)16(26)27/h1-4,9H,5-8H2,(H,24,25)(H,26,27). The Morgan fingerprint density at radius 2 is 1.63 bits per heavy atom. The molecule has 140 valence electrons. The SMILES string of the molecule is O=C(O)N1C(=O)N(C(=O)O)C2(CCC3(CC2)C(Br)=Cc2ccccc23)C1=O. The molecule has 1 heterocycles. The largest absolute Gasteiger partial charge is 0.465 e. The average Bonchev–Trinajstić information content (AvgIpc) is 3.00. The predicted octanol–water partition coefficient (Wildman–Crippen LogP) is 3.61. The monoisotopic (exact) mass is 434 g/mol. The molecular formula is C18H15BrN2O6. The minimum absolute atomic E-state index is 0.0135. The zero-order valence-electron chi connectivity index (χ0n) is 14.0. The van der Waals surface area contributed by atoms with E-state index >= 15 is 0 Å². The lowest BCUT2D eigenvalue weighted by molar-refractivity contribution is -0.133. The Kier molecular flexibility index (Phi) is 3.71. The second-order valence-corrected chi connectivity index (χ2v) is 7.87. The van der Waals surface area contributed by atoms with E-state index in [4.69, 9.17) is 0 Å². The lowest BCUT2D eigenvalue weighted by Gasteiger charge is -2.44. The summed E-state index contributed by atoms with van der Waals surface area (Å²) >= 11 is 3.62. The number of nitrogens with zero attached hydrogens (tertiary/aromatic N) is 2. The van der Waals surface area contributed by atoms with Crippen LogP contribution in [0.15, 0.2) is 28.7 Å². The number of allylic oxidation sites excluding steroid dienone is 1. The van der Waals surface area contributed by atoms with E-state index in [1.165, 1.54) is 0 Å². The third kappa shape index (κ3) is 2.14. The van der Waals surface area contributed by atoms with Crippen LogP contribution < -0.4 is 0 Å². The molecule has 2 spiro atoms. The molecule has 4 rings (SSSR count). The summed E-state index contributed by atoms with van der Waals surface area (Å²) in [5.74, 6) is -0.983. The average molecular weight is 435 g/mol. The molecule has 9 heteroatoms. The molecule has 2 aliphatic carbocycles. The van der Waals surface area contributed by atoms with E-state index in [0.29, 0.717) is 17.7 Å². The van der Waals surface area contributed by atoms with Gasteiger partial charge in [0.1, 0.15) is 5.54 Å². The maximum Gasteiger partial charge on any atom is 0.422 e. The molecule has 3 aliphatic rings. The van der Waals surface area contributed by atoms with E-state index in [0.717, 1.165) is 15.6 Å². The number of hydrogen-bond donors (Lipinski definition) is 2. The van der Waals surface area contributed by atoms with Crippen LogP contribution in [-0.4, -0.2) is 49.7 Å². The minimum atomic E-state index is -1.76. The third-order valence-corrected chi connectivity index (χ3v) is 6.93. The predicted molar refractivity (Wildman–Crippen MR) is 96.4 cm³/mol. The fourth-order valence-corrected chi connectivity index (χ4v) is 5.46. The smallest absolute Gasteiger partial charge is 0.422 e. The van der Waals surface area contributed by atoms with Crippen molar-refractivity contribution in [2.24, 2.45) is 0 Å². The van der Waals surface area contributed by atoms with Crippen molar-refractivity contribution in [3.63, 3.8) is 0 Å². The highest BCUT2D eigenvalue weighted by Gasteiger charge is 2.65. The number of carbonyl (C=O) groups excluding carboxylic acids is 2. The van der Waals surface area contributed by atoms with Crippen LogP contribution in [-0.2, 0) is 10.2 Å². The number of carboxylic acid groups (broad SMARTS) is 2. The molecule has 0 aromatic heterocycles. The number of carbonyl (C=O) groups is 4. The summed E-state index contributed by atoms with van der Waals surface area (Å²) in [5.41, 5.74) is 0.0699. The molecule has 2 fully saturated rings. The van der Waals surface area contributed by atoms with Gasteiger partial charge >= 0.3 is 18.2 Å². The van der Waals surface area contributed by atoms with Crippen molar-refractivity contribution in [1.82, 2.24) is 9.80 Å². The topological polar surface area (TPSA) is 115 Å². The van der Waals surface area contributed by atoms with Gasteiger partial charge < -0.3 is 10.2 Å². The first-order valence-electron chi connectivity index (χ1n) is 8.36. The van der Waals surface area contributed by atoms with Gasteiger partial charge in [-0.25, -0.2) is 19.3 Å². The number of hydrogen-bond acceptors (Lipinski definition) is 4. The van der Waals surface area contributed by atoms with Crippen molar-refractivity contribution in [2.75, 3.05) is 0 Å². The molecule has 1 aromatic carbocycles. The van der Waals surface area contributed by atoms with Gasteiger partial charge in [-0.3, -0.25) is 4.79 Å². The van der Waals surface area contributed by atoms with E-state index in [-0.39, 0.29) is 17.7 Å². The second kappa shape index (κ2) is 5.66. The van der Waals surface area contributed by atoms with Gasteiger partial charge in [0, 0.05) is 9.90 Å². The van der Waals surface area contributed by atoms with Crippen molar-refractivity contribution in [2.45, 2.75) is 36.6 Å². The van der Waals surface area contributed by atoms with Crippen LogP contribution in [0.25, 0.3) is 6.08 Å². The first-order chi connectivity index (χ1) is 12.7. The Morgan fingerprint density at radius 3 is 2.22 bits per heavy atom. The molecule has 2 N–H and O–H groups in total. The number of amides is 5. The Balaban J connectivity index is 1.73. The van der Waals surface area contributed by atoms with Crippen LogP contribution in [0.4, 0.5) is 14.4 Å². The lowest BCUT2D eigenvalue weighted by atomic mass is 9.64. The van der Waals surface area contributed by atoms with Crippen molar-refractivity contribution < 1.29 is 29.4 Å². The van der Waals surface area contributed by atoms with Crippen LogP contribution in [0, 0.1) is 0 Å². The van der Waals surface area contributed by atoms with Crippen molar-refractivity contribution in [3.05, 3.63) is 39.9 Å². The Hall–Kier alpha value is -2.68. The van der Waals surface area contributed by atoms with E-state index < -0.39 is 35.1 Å². The van der Waals surface area contributed by atoms with Gasteiger partial charge in [0.15, 0.2) is 0 Å². The summed E-state index contributed by atoms with van der Waals surface area (Å²) in [5, 5.41) is 18.7. The number of urea groups is 1. The maximum absolute atomic E-state index is 12.8. The van der Waals surface area contributed by atoms with E-state index in [1.807, 2.05) is 30.3 Å². The molecule has 8 nitrogen and oxygen atoms in total. The zero-order chi connectivity index (χ0) is 19.6. The lowest BCUT2D eigenvalue weighted by Crippen LogP contribution is -2.56. The molecule has 27 heavy (non-hydrogen) atoms. The molecule has 1 aliphatic heterocycles. The second-order valence-electron chi connectivity index (χ2n) is 7.02. The summed E-state index contributed by atoms with van der Waals surface area (Å²) < 4.78 is 0.944. The highest BCUT2D eigenvalue weighted by molar-refractivity contribution is 9.11. The maximum atomic E-state index is 12.8. The molecule has 1 saturated carbocycles. The van der Waals surface area contributed by atoms with Crippen LogP contribution in [0.5, 0.6) is 0 Å². The number of imide groups is 4. The Bertz CT molecular complexity index is 932. The molecule has 0 unspecified atom stereocenters. The van der Waals surface area contributed by atoms with Crippen molar-refractivity contribution in [1.29, 1.82) is 0 Å². The normalized spacial score (nSPS) is 29.4. The fraction of sp³-hybridized carbons (Fsp3) is 0.333. The molecule has 5 amide bonds. The van der Waals surface area contributed by atoms with Crippen molar-refractivity contribution >= 4 is 46.1 Å². The summed E-state index contributed by atoms with van der Waals surface area (Å²) in [4.78, 5) is 48.5. The van der Waals surface area contributed by atoms with Crippen LogP contribution >= 0.6 is 15.9 Å². The number of halogens is 1. The van der Waals surface area contributed by atoms with Crippen molar-refractivity contribution in [3.8, 4) is 0 Å². The van der Waals surface area contributed by atoms with E-state index in [1.54, 1.807) is 0 Å². The molecule has 0 radical (unpaired) electrons. The molecule has 0 bridgehead atoms. The molecule has 0 atom stereocenters. The number of benzene rings is 1. The first-order valence-corrected chi connectivity index (χ1v) is 9.16.